The monoisotopic (exact) mass is 589 g/mol. The molecule has 1 heterocycles. The maximum atomic E-state index is 13.5. The average Bonchev–Trinajstić information content (AvgIpc) is 2.97. The lowest BCUT2D eigenvalue weighted by atomic mass is 10.1. The van der Waals surface area contributed by atoms with Gasteiger partial charge in [-0.05, 0) is 77.7 Å². The van der Waals surface area contributed by atoms with Crippen molar-refractivity contribution >= 4 is 26.0 Å². The van der Waals surface area contributed by atoms with E-state index in [4.69, 9.17) is 10.4 Å². The molecule has 41 heavy (non-hydrogen) atoms. The van der Waals surface area contributed by atoms with Crippen molar-refractivity contribution in [2.75, 3.05) is 6.54 Å². The van der Waals surface area contributed by atoms with Gasteiger partial charge in [0.2, 0.25) is 20.0 Å². The molecule has 12 heteroatoms. The van der Waals surface area contributed by atoms with Gasteiger partial charge in [-0.2, -0.15) is 9.57 Å². The Bertz CT molecular complexity index is 1750. The molecule has 3 N–H and O–H groups in total. The van der Waals surface area contributed by atoms with Crippen molar-refractivity contribution in [1.82, 2.24) is 14.6 Å². The second-order valence-electron chi connectivity index (χ2n) is 9.16. The van der Waals surface area contributed by atoms with E-state index in [-0.39, 0.29) is 28.8 Å². The first-order valence-electron chi connectivity index (χ1n) is 12.4. The Morgan fingerprint density at radius 3 is 2.02 bits per heavy atom. The summed E-state index contributed by atoms with van der Waals surface area (Å²) in [5.41, 5.74) is 2.99. The van der Waals surface area contributed by atoms with E-state index in [1.54, 1.807) is 60.9 Å². The zero-order chi connectivity index (χ0) is 29.5. The molecule has 1 amide bonds. The number of rotatable bonds is 11. The lowest BCUT2D eigenvalue weighted by Gasteiger charge is -2.22. The van der Waals surface area contributed by atoms with Crippen molar-refractivity contribution in [3.8, 4) is 6.07 Å². The number of nitrogens with one attached hydrogen (secondary N) is 1. The Balaban J connectivity index is 1.43. The van der Waals surface area contributed by atoms with Crippen LogP contribution in [0, 0.1) is 11.3 Å². The van der Waals surface area contributed by atoms with Crippen molar-refractivity contribution in [2.24, 2.45) is 5.14 Å². The van der Waals surface area contributed by atoms with E-state index < -0.39 is 20.0 Å². The van der Waals surface area contributed by atoms with Crippen LogP contribution in [-0.2, 0) is 39.6 Å². The predicted molar refractivity (Wildman–Crippen MR) is 152 cm³/mol. The number of aromatic nitrogens is 1. The number of nitrogens with two attached hydrogens (primary N) is 1. The second kappa shape index (κ2) is 12.8. The SMILES string of the molecule is N#Cc1ccc(S(=O)(=O)N(Cc2ccc(C(=O)NCCc3ccc(S(N)(=O)=O)cc3)cc2)Cc2cccnc2)cc1. The van der Waals surface area contributed by atoms with Crippen LogP contribution in [0.1, 0.15) is 32.6 Å². The van der Waals surface area contributed by atoms with Crippen LogP contribution < -0.4 is 10.5 Å². The highest BCUT2D eigenvalue weighted by atomic mass is 32.2. The van der Waals surface area contributed by atoms with Gasteiger partial charge in [-0.3, -0.25) is 9.78 Å². The van der Waals surface area contributed by atoms with Gasteiger partial charge in [-0.15, -0.1) is 0 Å². The van der Waals surface area contributed by atoms with E-state index in [1.165, 1.54) is 40.7 Å². The van der Waals surface area contributed by atoms with Gasteiger partial charge in [0.15, 0.2) is 0 Å². The Kier molecular flexibility index (Phi) is 9.26. The molecule has 210 valence electrons. The molecule has 0 atom stereocenters. The van der Waals surface area contributed by atoms with Gasteiger partial charge in [0.25, 0.3) is 5.91 Å². The summed E-state index contributed by atoms with van der Waals surface area (Å²) in [6, 6.07) is 24.0. The van der Waals surface area contributed by atoms with E-state index in [2.05, 4.69) is 10.3 Å². The number of sulfonamides is 2. The third-order valence-electron chi connectivity index (χ3n) is 6.23. The molecule has 0 unspecified atom stereocenters. The van der Waals surface area contributed by atoms with Crippen molar-refractivity contribution in [3.63, 3.8) is 0 Å². The Labute approximate surface area is 239 Å². The number of primary sulfonamides is 1. The van der Waals surface area contributed by atoms with Crippen LogP contribution in [-0.4, -0.2) is 38.6 Å². The first kappa shape index (κ1) is 29.6. The molecular formula is C29H27N5O5S2. The molecule has 0 fully saturated rings. The maximum absolute atomic E-state index is 13.5. The molecule has 0 aliphatic carbocycles. The number of hydrogen-bond donors (Lipinski definition) is 2. The summed E-state index contributed by atoms with van der Waals surface area (Å²) in [6.45, 7) is 0.460. The summed E-state index contributed by atoms with van der Waals surface area (Å²) in [4.78, 5) is 16.8. The van der Waals surface area contributed by atoms with Crippen molar-refractivity contribution in [3.05, 3.63) is 125 Å². The van der Waals surface area contributed by atoms with E-state index >= 15 is 0 Å². The summed E-state index contributed by atoms with van der Waals surface area (Å²) in [7, 11) is -7.68. The number of carbonyl (C=O) groups excluding carboxylic acids is 1. The number of nitrogens with zero attached hydrogens (tertiary/aromatic N) is 3. The van der Waals surface area contributed by atoms with Gasteiger partial charge in [-0.1, -0.05) is 30.3 Å². The van der Waals surface area contributed by atoms with Crippen LogP contribution in [0.5, 0.6) is 0 Å². The summed E-state index contributed by atoms with van der Waals surface area (Å²) >= 11 is 0. The van der Waals surface area contributed by atoms with Crippen molar-refractivity contribution in [2.45, 2.75) is 29.3 Å². The molecule has 0 aliphatic rings. The van der Waals surface area contributed by atoms with E-state index in [9.17, 15) is 21.6 Å². The van der Waals surface area contributed by atoms with Gasteiger partial charge in [0.05, 0.1) is 21.4 Å². The van der Waals surface area contributed by atoms with Crippen LogP contribution in [0.25, 0.3) is 0 Å². The van der Waals surface area contributed by atoms with Crippen LogP contribution in [0.2, 0.25) is 0 Å². The minimum atomic E-state index is -3.92. The molecular weight excluding hydrogens is 562 g/mol. The topological polar surface area (TPSA) is 163 Å². The van der Waals surface area contributed by atoms with Crippen LogP contribution in [0.4, 0.5) is 0 Å². The zero-order valence-electron chi connectivity index (χ0n) is 21.8. The van der Waals surface area contributed by atoms with Gasteiger partial charge < -0.3 is 5.32 Å². The summed E-state index contributed by atoms with van der Waals surface area (Å²) in [5.74, 6) is -0.296. The highest BCUT2D eigenvalue weighted by molar-refractivity contribution is 7.89. The predicted octanol–water partition coefficient (Wildman–Crippen LogP) is 2.96. The van der Waals surface area contributed by atoms with Gasteiger partial charge >= 0.3 is 0 Å². The molecule has 0 saturated heterocycles. The molecule has 1 aromatic heterocycles. The van der Waals surface area contributed by atoms with Crippen molar-refractivity contribution < 1.29 is 21.6 Å². The highest BCUT2D eigenvalue weighted by Gasteiger charge is 2.25. The Morgan fingerprint density at radius 2 is 1.44 bits per heavy atom. The second-order valence-corrected chi connectivity index (χ2v) is 12.7. The number of hydrogen-bond acceptors (Lipinski definition) is 7. The van der Waals surface area contributed by atoms with Gasteiger partial charge in [0.1, 0.15) is 0 Å². The number of carbonyl (C=O) groups is 1. The summed E-state index contributed by atoms with van der Waals surface area (Å²) < 4.78 is 51.2. The van der Waals surface area contributed by atoms with E-state index in [0.29, 0.717) is 35.2 Å². The first-order chi connectivity index (χ1) is 19.6. The van der Waals surface area contributed by atoms with Crippen LogP contribution in [0.3, 0.4) is 0 Å². The first-order valence-corrected chi connectivity index (χ1v) is 15.4. The van der Waals surface area contributed by atoms with E-state index in [1.807, 2.05) is 6.07 Å². The fraction of sp³-hybridized carbons (Fsp3) is 0.138. The fourth-order valence-electron chi connectivity index (χ4n) is 4.01. The quantitative estimate of drug-likeness (QED) is 0.272. The standard InChI is InChI=1S/C29H27N5O5S2/c30-18-23-7-13-28(14-8-23)41(38,39)34(21-25-2-1-16-32-19-25)20-24-3-9-26(10-4-24)29(35)33-17-15-22-5-11-27(12-6-22)40(31,36)37/h1-14,16,19H,15,17,20-21H2,(H,33,35)(H2,31,36,37). The van der Waals surface area contributed by atoms with Crippen LogP contribution in [0.15, 0.2) is 107 Å². The summed E-state index contributed by atoms with van der Waals surface area (Å²) in [6.07, 6.45) is 3.70. The smallest absolute Gasteiger partial charge is 0.251 e. The molecule has 4 rings (SSSR count). The molecule has 0 bridgehead atoms. The molecule has 4 aromatic rings. The Hall–Kier alpha value is -4.41. The minimum absolute atomic E-state index is 0.0223. The van der Waals surface area contributed by atoms with Crippen molar-refractivity contribution in [1.29, 1.82) is 5.26 Å². The largest absolute Gasteiger partial charge is 0.352 e. The van der Waals surface area contributed by atoms with Crippen LogP contribution >= 0.6 is 0 Å². The lowest BCUT2D eigenvalue weighted by Crippen LogP contribution is -2.30. The third-order valence-corrected chi connectivity index (χ3v) is 8.96. The normalized spacial score (nSPS) is 11.6. The Morgan fingerprint density at radius 1 is 0.829 bits per heavy atom. The number of amides is 1. The highest BCUT2D eigenvalue weighted by Crippen LogP contribution is 2.22. The molecule has 3 aromatic carbocycles. The summed E-state index contributed by atoms with van der Waals surface area (Å²) in [5, 5.41) is 17.0. The molecule has 0 spiro atoms. The molecule has 0 saturated carbocycles. The number of pyridine rings is 1. The number of nitriles is 1. The lowest BCUT2D eigenvalue weighted by molar-refractivity contribution is 0.0954. The van der Waals surface area contributed by atoms with Gasteiger partial charge in [0, 0.05) is 37.6 Å². The third kappa shape index (κ3) is 7.84. The maximum Gasteiger partial charge on any atom is 0.251 e. The molecule has 0 aliphatic heterocycles. The molecule has 10 nitrogen and oxygen atoms in total. The minimum Gasteiger partial charge on any atom is -0.352 e. The van der Waals surface area contributed by atoms with E-state index in [0.717, 1.165) is 5.56 Å². The zero-order valence-corrected chi connectivity index (χ0v) is 23.5. The number of benzene rings is 3. The van der Waals surface area contributed by atoms with Gasteiger partial charge in [-0.25, -0.2) is 22.0 Å². The fourth-order valence-corrected chi connectivity index (χ4v) is 5.94. The molecule has 0 radical (unpaired) electrons. The average molecular weight is 590 g/mol.